The Hall–Kier alpha value is -4.63. The number of nitrogens with one attached hydrogen (secondary N) is 2. The lowest BCUT2D eigenvalue weighted by atomic mass is 9.97. The fraction of sp³-hybridized carbons (Fsp3) is 0.393. The van der Waals surface area contributed by atoms with E-state index in [9.17, 15) is 45.5 Å². The fourth-order valence-corrected chi connectivity index (χ4v) is 4.61. The van der Waals surface area contributed by atoms with E-state index in [4.69, 9.17) is 9.26 Å². The minimum Gasteiger partial charge on any atom is -0.486 e. The zero-order valence-corrected chi connectivity index (χ0v) is 23.3. The average Bonchev–Trinajstić information content (AvgIpc) is 3.48. The molecule has 1 aromatic carbocycles. The number of methoxy groups -OCH3 is 1. The summed E-state index contributed by atoms with van der Waals surface area (Å²) >= 11 is 0. The number of hydrogen-bond donors (Lipinski definition) is 2. The lowest BCUT2D eigenvalue weighted by molar-refractivity contribution is -0.144. The molecule has 2 aliphatic carbocycles. The topological polar surface area (TPSA) is 137 Å². The van der Waals surface area contributed by atoms with Gasteiger partial charge < -0.3 is 24.6 Å². The quantitative estimate of drug-likeness (QED) is 0.296. The van der Waals surface area contributed by atoms with Gasteiger partial charge in [-0.25, -0.2) is 13.2 Å². The molecule has 0 saturated heterocycles. The molecule has 0 spiro atoms. The lowest BCUT2D eigenvalue weighted by Gasteiger charge is -2.25. The lowest BCUT2D eigenvalue weighted by Crippen LogP contribution is -2.54. The predicted octanol–water partition coefficient (Wildman–Crippen LogP) is 4.13. The summed E-state index contributed by atoms with van der Waals surface area (Å²) in [7, 11) is 1.04. The van der Waals surface area contributed by atoms with Gasteiger partial charge in [-0.15, -0.1) is 0 Å². The largest absolute Gasteiger partial charge is 0.486 e. The first-order valence-corrected chi connectivity index (χ1v) is 13.0. The molecule has 4 rings (SSSR count). The number of nitrogens with zero attached hydrogens (tertiary/aromatic N) is 1. The SMILES string of the molecule is COC(=O)C1CC1(NC(=O)[C@H](C)NC(=O)c1cc(-c2ccccc2C(F)(F)F)on1)C(=O)COC1=C(F)C(F)=CC(F)C1C. The van der Waals surface area contributed by atoms with Crippen LogP contribution in [-0.2, 0) is 30.0 Å². The molecule has 0 aliphatic heterocycles. The summed E-state index contributed by atoms with van der Waals surface area (Å²) < 4.78 is 96.7. The van der Waals surface area contributed by atoms with Gasteiger partial charge in [-0.3, -0.25) is 19.2 Å². The molecule has 0 radical (unpaired) electrons. The van der Waals surface area contributed by atoms with Crippen molar-refractivity contribution in [2.45, 2.75) is 44.2 Å². The highest BCUT2D eigenvalue weighted by molar-refractivity contribution is 6.04. The molecule has 2 N–H and O–H groups in total. The second-order valence-electron chi connectivity index (χ2n) is 10.2. The van der Waals surface area contributed by atoms with E-state index in [2.05, 4.69) is 20.5 Å². The summed E-state index contributed by atoms with van der Waals surface area (Å²) in [5.74, 6) is -10.4. The van der Waals surface area contributed by atoms with E-state index in [-0.39, 0.29) is 17.7 Å². The van der Waals surface area contributed by atoms with E-state index in [0.29, 0.717) is 6.08 Å². The van der Waals surface area contributed by atoms with Crippen LogP contribution in [0, 0.1) is 11.8 Å². The van der Waals surface area contributed by atoms with Crippen LogP contribution in [0.1, 0.15) is 36.3 Å². The molecule has 16 heteroatoms. The van der Waals surface area contributed by atoms with E-state index in [1.165, 1.54) is 26.0 Å². The van der Waals surface area contributed by atoms with Gasteiger partial charge in [0.05, 0.1) is 24.5 Å². The Labute approximate surface area is 245 Å². The molecule has 2 aliphatic rings. The van der Waals surface area contributed by atoms with Gasteiger partial charge in [0, 0.05) is 11.6 Å². The Balaban J connectivity index is 1.45. The molecule has 236 valence electrons. The molecule has 2 aromatic rings. The van der Waals surface area contributed by atoms with Crippen LogP contribution in [0.25, 0.3) is 11.3 Å². The predicted molar refractivity (Wildman–Crippen MR) is 137 cm³/mol. The summed E-state index contributed by atoms with van der Waals surface area (Å²) in [4.78, 5) is 51.0. The average molecular weight is 630 g/mol. The zero-order valence-electron chi connectivity index (χ0n) is 23.3. The minimum absolute atomic E-state index is 0.253. The van der Waals surface area contributed by atoms with Crippen molar-refractivity contribution in [2.75, 3.05) is 13.7 Å². The van der Waals surface area contributed by atoms with Gasteiger partial charge in [-0.05, 0) is 25.5 Å². The van der Waals surface area contributed by atoms with Gasteiger partial charge in [-0.1, -0.05) is 30.3 Å². The Morgan fingerprint density at radius 3 is 2.52 bits per heavy atom. The van der Waals surface area contributed by atoms with Crippen molar-refractivity contribution in [3.63, 3.8) is 0 Å². The highest BCUT2D eigenvalue weighted by Crippen LogP contribution is 2.46. The molecule has 10 nitrogen and oxygen atoms in total. The number of halogens is 6. The maximum absolute atomic E-state index is 14.2. The number of alkyl halides is 4. The molecule has 4 unspecified atom stereocenters. The summed E-state index contributed by atoms with van der Waals surface area (Å²) in [5, 5.41) is 8.08. The standard InChI is InChI=1S/C28H25F6N3O7/c1-12-17(29)8-18(30)22(31)23(12)43-11-21(38)27(10-16(27)26(41)42-3)36-24(39)13(2)35-25(40)19-9-20(44-37-19)14-6-4-5-7-15(14)28(32,33)34/h4-9,12-13,16-17H,10-11H2,1-3H3,(H,35,40)(H,36,39)/t12?,13-,16?,17?,27?/m0/s1. The van der Waals surface area contributed by atoms with Crippen LogP contribution in [0.3, 0.4) is 0 Å². The summed E-state index contributed by atoms with van der Waals surface area (Å²) in [6, 6.07) is 4.00. The van der Waals surface area contributed by atoms with Crippen molar-refractivity contribution < 1.29 is 59.5 Å². The van der Waals surface area contributed by atoms with Gasteiger partial charge in [-0.2, -0.15) is 13.2 Å². The van der Waals surface area contributed by atoms with Crippen LogP contribution < -0.4 is 10.6 Å². The first-order chi connectivity index (χ1) is 20.6. The number of hydrogen-bond acceptors (Lipinski definition) is 8. The Bertz CT molecular complexity index is 1550. The number of ketones is 1. The summed E-state index contributed by atoms with van der Waals surface area (Å²) in [6.45, 7) is 1.44. The molecule has 0 bridgehead atoms. The van der Waals surface area contributed by atoms with Crippen molar-refractivity contribution in [1.29, 1.82) is 0 Å². The van der Waals surface area contributed by atoms with E-state index >= 15 is 0 Å². The van der Waals surface area contributed by atoms with Crippen molar-refractivity contribution >= 4 is 23.6 Å². The molecule has 44 heavy (non-hydrogen) atoms. The van der Waals surface area contributed by atoms with Gasteiger partial charge in [0.15, 0.2) is 28.9 Å². The first-order valence-electron chi connectivity index (χ1n) is 13.0. The maximum atomic E-state index is 14.2. The van der Waals surface area contributed by atoms with Crippen molar-refractivity contribution in [3.05, 3.63) is 65.1 Å². The Morgan fingerprint density at radius 2 is 1.86 bits per heavy atom. The Morgan fingerprint density at radius 1 is 1.18 bits per heavy atom. The second-order valence-corrected chi connectivity index (χ2v) is 10.2. The minimum atomic E-state index is -4.72. The molecule has 1 saturated carbocycles. The molecule has 5 atom stereocenters. The maximum Gasteiger partial charge on any atom is 0.417 e. The number of rotatable bonds is 10. The first kappa shape index (κ1) is 32.3. The third-order valence-electron chi connectivity index (χ3n) is 7.25. The number of esters is 1. The number of carbonyl (C=O) groups excluding carboxylic acids is 4. The molecular weight excluding hydrogens is 604 g/mol. The second kappa shape index (κ2) is 12.2. The van der Waals surface area contributed by atoms with Crippen LogP contribution in [0.5, 0.6) is 0 Å². The third kappa shape index (κ3) is 6.33. The van der Waals surface area contributed by atoms with Crippen LogP contribution >= 0.6 is 0 Å². The number of amides is 2. The van der Waals surface area contributed by atoms with Gasteiger partial charge in [0.2, 0.25) is 5.91 Å². The molecular formula is C28H25F6N3O7. The number of benzene rings is 1. The van der Waals surface area contributed by atoms with Crippen LogP contribution in [0.2, 0.25) is 0 Å². The highest BCUT2D eigenvalue weighted by Gasteiger charge is 2.65. The fourth-order valence-electron chi connectivity index (χ4n) is 4.61. The molecule has 1 fully saturated rings. The van der Waals surface area contributed by atoms with Crippen LogP contribution in [0.4, 0.5) is 26.3 Å². The Kier molecular flexibility index (Phi) is 8.93. The van der Waals surface area contributed by atoms with Gasteiger partial charge >= 0.3 is 12.1 Å². The number of carbonyl (C=O) groups is 4. The van der Waals surface area contributed by atoms with Crippen molar-refractivity contribution in [2.24, 2.45) is 11.8 Å². The van der Waals surface area contributed by atoms with E-state index < -0.39 is 94.6 Å². The van der Waals surface area contributed by atoms with Crippen molar-refractivity contribution in [3.8, 4) is 11.3 Å². The smallest absolute Gasteiger partial charge is 0.417 e. The third-order valence-corrected chi connectivity index (χ3v) is 7.25. The van der Waals surface area contributed by atoms with Gasteiger partial charge in [0.25, 0.3) is 5.91 Å². The number of Topliss-reactive ketones (excluding diaryl/α,β-unsaturated/α-hetero) is 1. The normalized spacial score (nSPS) is 23.8. The van der Waals surface area contributed by atoms with Crippen LogP contribution in [-0.4, -0.2) is 60.2 Å². The number of allylic oxidation sites excluding steroid dienone is 4. The molecule has 2 amide bonds. The number of aromatic nitrogens is 1. The number of ether oxygens (including phenoxy) is 2. The van der Waals surface area contributed by atoms with Crippen molar-refractivity contribution in [1.82, 2.24) is 15.8 Å². The molecule has 1 aromatic heterocycles. The highest BCUT2D eigenvalue weighted by atomic mass is 19.4. The van der Waals surface area contributed by atoms with E-state index in [1.807, 2.05) is 0 Å². The van der Waals surface area contributed by atoms with Crippen LogP contribution in [0.15, 0.2) is 58.3 Å². The van der Waals surface area contributed by atoms with Gasteiger partial charge in [0.1, 0.15) is 30.1 Å². The summed E-state index contributed by atoms with van der Waals surface area (Å²) in [6.07, 6.45) is -6.48. The van der Waals surface area contributed by atoms with E-state index in [1.54, 1.807) is 0 Å². The molecule has 1 heterocycles. The monoisotopic (exact) mass is 629 g/mol. The zero-order chi connectivity index (χ0) is 32.6. The van der Waals surface area contributed by atoms with E-state index in [0.717, 1.165) is 25.3 Å². The summed E-state index contributed by atoms with van der Waals surface area (Å²) in [5.41, 5.74) is -3.76.